The summed E-state index contributed by atoms with van der Waals surface area (Å²) < 4.78 is 0. The number of aromatic amines is 1. The van der Waals surface area contributed by atoms with Crippen LogP contribution in [0.2, 0.25) is 0 Å². The van der Waals surface area contributed by atoms with Crippen LogP contribution in [-0.4, -0.2) is 15.1 Å². The minimum Gasteiger partial charge on any atom is -0.508 e. The molecule has 0 bridgehead atoms. The van der Waals surface area contributed by atoms with E-state index in [9.17, 15) is 5.11 Å². The van der Waals surface area contributed by atoms with Crippen molar-refractivity contribution in [3.63, 3.8) is 0 Å². The van der Waals surface area contributed by atoms with E-state index < -0.39 is 0 Å². The molecule has 0 saturated carbocycles. The van der Waals surface area contributed by atoms with Crippen molar-refractivity contribution >= 4 is 0 Å². The van der Waals surface area contributed by atoms with Gasteiger partial charge in [-0.3, -0.25) is 0 Å². The number of aromatic hydroxyl groups is 1. The molecule has 0 aliphatic heterocycles. The van der Waals surface area contributed by atoms with Crippen molar-refractivity contribution < 1.29 is 5.11 Å². The number of nitrogens with zero attached hydrogens (tertiary/aromatic N) is 2. The topological polar surface area (TPSA) is 72.7 Å². The summed E-state index contributed by atoms with van der Waals surface area (Å²) in [5.41, 5.74) is 1.77. The van der Waals surface area contributed by atoms with Crippen LogP contribution in [0.3, 0.4) is 0 Å². The quantitative estimate of drug-likeness (QED) is 0.821. The first-order valence-electron chi connectivity index (χ1n) is 5.00. The maximum atomic E-state index is 9.34. The van der Waals surface area contributed by atoms with Crippen LogP contribution in [0.5, 0.6) is 5.75 Å². The Balaban J connectivity index is 2.22. The predicted molar refractivity (Wildman–Crippen MR) is 59.6 cm³/mol. The minimum absolute atomic E-state index is 0.215. The summed E-state index contributed by atoms with van der Waals surface area (Å²) in [4.78, 5) is 7.32. The summed E-state index contributed by atoms with van der Waals surface area (Å²) >= 11 is 0. The first kappa shape index (κ1) is 10.2. The zero-order valence-corrected chi connectivity index (χ0v) is 8.64. The van der Waals surface area contributed by atoms with Crippen molar-refractivity contribution in [3.8, 4) is 23.2 Å². The normalized spacial score (nSPS) is 9.94. The van der Waals surface area contributed by atoms with E-state index in [0.29, 0.717) is 18.7 Å². The van der Waals surface area contributed by atoms with Gasteiger partial charge in [0.05, 0.1) is 6.07 Å². The summed E-state index contributed by atoms with van der Waals surface area (Å²) in [6.45, 7) is 0. The van der Waals surface area contributed by atoms with Gasteiger partial charge in [0.1, 0.15) is 11.6 Å². The number of nitrogens with one attached hydrogen (secondary N) is 1. The van der Waals surface area contributed by atoms with Crippen molar-refractivity contribution in [2.75, 3.05) is 0 Å². The van der Waals surface area contributed by atoms with Crippen molar-refractivity contribution in [2.24, 2.45) is 0 Å². The Morgan fingerprint density at radius 2 is 2.31 bits per heavy atom. The van der Waals surface area contributed by atoms with Gasteiger partial charge in [-0.05, 0) is 12.1 Å². The van der Waals surface area contributed by atoms with Gasteiger partial charge in [-0.15, -0.1) is 0 Å². The number of rotatable bonds is 3. The lowest BCUT2D eigenvalue weighted by molar-refractivity contribution is 0.475. The Bertz CT molecular complexity index is 525. The van der Waals surface area contributed by atoms with Crippen LogP contribution in [0.15, 0.2) is 30.5 Å². The molecular weight excluding hydrogens is 202 g/mol. The molecule has 0 saturated heterocycles. The fourth-order valence-corrected chi connectivity index (χ4v) is 1.48. The van der Waals surface area contributed by atoms with Gasteiger partial charge in [-0.25, -0.2) is 4.98 Å². The molecule has 1 aromatic carbocycles. The van der Waals surface area contributed by atoms with E-state index in [2.05, 4.69) is 16.0 Å². The highest BCUT2D eigenvalue weighted by Crippen LogP contribution is 2.20. The zero-order valence-electron chi connectivity index (χ0n) is 8.64. The molecule has 16 heavy (non-hydrogen) atoms. The molecule has 2 N–H and O–H groups in total. The van der Waals surface area contributed by atoms with Crippen LogP contribution in [-0.2, 0) is 6.42 Å². The Labute approximate surface area is 93.2 Å². The summed E-state index contributed by atoms with van der Waals surface area (Å²) in [7, 11) is 0. The van der Waals surface area contributed by atoms with Gasteiger partial charge in [0, 0.05) is 30.3 Å². The number of hydrogen-bond acceptors (Lipinski definition) is 3. The van der Waals surface area contributed by atoms with Gasteiger partial charge in [0.25, 0.3) is 0 Å². The monoisotopic (exact) mass is 213 g/mol. The van der Waals surface area contributed by atoms with Crippen molar-refractivity contribution in [3.05, 3.63) is 36.2 Å². The van der Waals surface area contributed by atoms with Crippen LogP contribution >= 0.6 is 0 Å². The highest BCUT2D eigenvalue weighted by atomic mass is 16.3. The van der Waals surface area contributed by atoms with Gasteiger partial charge in [-0.2, -0.15) is 5.26 Å². The van der Waals surface area contributed by atoms with Crippen LogP contribution in [0, 0.1) is 11.3 Å². The first-order valence-corrected chi connectivity index (χ1v) is 5.00. The average Bonchev–Trinajstić information content (AvgIpc) is 2.75. The molecule has 0 spiro atoms. The molecule has 0 unspecified atom stereocenters. The Morgan fingerprint density at radius 3 is 3.06 bits per heavy atom. The number of nitriles is 1. The van der Waals surface area contributed by atoms with Crippen LogP contribution in [0.25, 0.3) is 11.4 Å². The van der Waals surface area contributed by atoms with Gasteiger partial charge < -0.3 is 10.1 Å². The fraction of sp³-hybridized carbons (Fsp3) is 0.167. The number of benzene rings is 1. The number of aromatic nitrogens is 2. The van der Waals surface area contributed by atoms with E-state index in [0.717, 1.165) is 11.3 Å². The number of aryl methyl sites for hydroxylation is 1. The Hall–Kier alpha value is -2.28. The molecule has 0 aliphatic rings. The predicted octanol–water partition coefficient (Wildman–Crippen LogP) is 2.24. The van der Waals surface area contributed by atoms with Gasteiger partial charge in [0.2, 0.25) is 0 Å². The fourth-order valence-electron chi connectivity index (χ4n) is 1.48. The standard InChI is InChI=1S/C12H11N3O/c13-6-2-4-10-8-14-12(15-10)9-3-1-5-11(16)7-9/h1,3,5,7-8,16H,2,4H2,(H,14,15). The van der Waals surface area contributed by atoms with E-state index >= 15 is 0 Å². The van der Waals surface area contributed by atoms with E-state index in [4.69, 9.17) is 5.26 Å². The number of hydrogen-bond donors (Lipinski definition) is 2. The minimum atomic E-state index is 0.215. The lowest BCUT2D eigenvalue weighted by Crippen LogP contribution is -1.84. The summed E-state index contributed by atoms with van der Waals surface area (Å²) in [6, 6.07) is 8.98. The lowest BCUT2D eigenvalue weighted by atomic mass is 10.2. The maximum Gasteiger partial charge on any atom is 0.137 e. The van der Waals surface area contributed by atoms with E-state index in [1.54, 1.807) is 24.4 Å². The Kier molecular flexibility index (Phi) is 2.88. The van der Waals surface area contributed by atoms with Crippen LogP contribution in [0.1, 0.15) is 12.1 Å². The second-order valence-corrected chi connectivity index (χ2v) is 3.47. The number of phenolic OH excluding ortho intramolecular Hbond substituents is 1. The molecular formula is C12H11N3O. The third-order valence-electron chi connectivity index (χ3n) is 2.25. The Morgan fingerprint density at radius 1 is 1.44 bits per heavy atom. The van der Waals surface area contributed by atoms with Crippen molar-refractivity contribution in [2.45, 2.75) is 12.8 Å². The molecule has 1 heterocycles. The van der Waals surface area contributed by atoms with E-state index in [1.165, 1.54) is 0 Å². The van der Waals surface area contributed by atoms with Gasteiger partial charge in [-0.1, -0.05) is 12.1 Å². The molecule has 0 aliphatic carbocycles. The third-order valence-corrected chi connectivity index (χ3v) is 2.25. The molecule has 4 heteroatoms. The highest BCUT2D eigenvalue weighted by Gasteiger charge is 2.03. The number of phenols is 1. The van der Waals surface area contributed by atoms with Crippen molar-refractivity contribution in [1.82, 2.24) is 9.97 Å². The number of H-pyrrole nitrogens is 1. The van der Waals surface area contributed by atoms with E-state index in [-0.39, 0.29) is 5.75 Å². The van der Waals surface area contributed by atoms with Crippen molar-refractivity contribution in [1.29, 1.82) is 5.26 Å². The molecule has 0 fully saturated rings. The molecule has 4 nitrogen and oxygen atoms in total. The SMILES string of the molecule is N#CCCc1cnc(-c2cccc(O)c2)[nH]1. The van der Waals surface area contributed by atoms with Crippen LogP contribution in [0.4, 0.5) is 0 Å². The van der Waals surface area contributed by atoms with Gasteiger partial charge >= 0.3 is 0 Å². The molecule has 2 rings (SSSR count). The molecule has 80 valence electrons. The molecule has 0 radical (unpaired) electrons. The summed E-state index contributed by atoms with van der Waals surface area (Å²) in [5.74, 6) is 0.927. The zero-order chi connectivity index (χ0) is 11.4. The molecule has 0 atom stereocenters. The second-order valence-electron chi connectivity index (χ2n) is 3.47. The highest BCUT2D eigenvalue weighted by molar-refractivity contribution is 5.57. The second kappa shape index (κ2) is 4.49. The third kappa shape index (κ3) is 2.20. The molecule has 2 aromatic rings. The summed E-state index contributed by atoms with van der Waals surface area (Å²) in [6.07, 6.45) is 2.86. The molecule has 0 amide bonds. The van der Waals surface area contributed by atoms with Gasteiger partial charge in [0.15, 0.2) is 0 Å². The smallest absolute Gasteiger partial charge is 0.137 e. The van der Waals surface area contributed by atoms with E-state index in [1.807, 2.05) is 6.07 Å². The molecule has 1 aromatic heterocycles. The summed E-state index contributed by atoms with van der Waals surface area (Å²) in [5, 5.41) is 17.8. The lowest BCUT2D eigenvalue weighted by Gasteiger charge is -1.97. The maximum absolute atomic E-state index is 9.34. The van der Waals surface area contributed by atoms with Crippen LogP contribution < -0.4 is 0 Å². The first-order chi connectivity index (χ1) is 7.79. The average molecular weight is 213 g/mol. The largest absolute Gasteiger partial charge is 0.508 e. The number of imidazole rings is 1.